The maximum Gasteiger partial charge on any atom is 0.246 e. The van der Waals surface area contributed by atoms with E-state index in [0.717, 1.165) is 5.06 Å². The molecule has 0 aromatic heterocycles. The highest BCUT2D eigenvalue weighted by Gasteiger charge is 2.12. The minimum atomic E-state index is -0.526. The summed E-state index contributed by atoms with van der Waals surface area (Å²) in [6.07, 6.45) is 0. The summed E-state index contributed by atoms with van der Waals surface area (Å²) < 4.78 is 0. The second-order valence-corrected chi connectivity index (χ2v) is 4.59. The van der Waals surface area contributed by atoms with Gasteiger partial charge in [0.05, 0.1) is 11.4 Å². The lowest BCUT2D eigenvalue weighted by atomic mass is 10.1. The molecule has 0 radical (unpaired) electrons. The van der Waals surface area contributed by atoms with E-state index < -0.39 is 5.91 Å². The first kappa shape index (κ1) is 15.3. The third-order valence-electron chi connectivity index (χ3n) is 2.93. The number of hydrogen-bond donors (Lipinski definition) is 5. The van der Waals surface area contributed by atoms with Crippen molar-refractivity contribution in [3.63, 3.8) is 0 Å². The summed E-state index contributed by atoms with van der Waals surface area (Å²) in [7, 11) is 0. The molecule has 0 saturated heterocycles. The van der Waals surface area contributed by atoms with Crippen LogP contribution < -0.4 is 16.1 Å². The predicted octanol–water partition coefficient (Wildman–Crippen LogP) is 1.51. The van der Waals surface area contributed by atoms with E-state index in [1.807, 2.05) is 0 Å². The van der Waals surface area contributed by atoms with E-state index in [-0.39, 0.29) is 23.8 Å². The highest BCUT2D eigenvalue weighted by Crippen LogP contribution is 2.24. The molecule has 0 bridgehead atoms. The average molecular weight is 300 g/mol. The first-order valence-electron chi connectivity index (χ1n) is 6.46. The number of carbonyl (C=O) groups excluding carboxylic acids is 1. The van der Waals surface area contributed by atoms with E-state index in [4.69, 9.17) is 11.1 Å². The number of carbonyl (C=O) groups is 1. The fraction of sp³-hybridized carbons (Fsp3) is 0.0667. The van der Waals surface area contributed by atoms with E-state index in [2.05, 4.69) is 5.32 Å². The Morgan fingerprint density at radius 2 is 1.91 bits per heavy atom. The van der Waals surface area contributed by atoms with Crippen molar-refractivity contribution in [2.45, 2.75) is 0 Å². The van der Waals surface area contributed by atoms with E-state index in [1.54, 1.807) is 30.3 Å². The number of nitrogens with zero attached hydrogens (tertiary/aromatic N) is 1. The van der Waals surface area contributed by atoms with Gasteiger partial charge in [0.15, 0.2) is 0 Å². The zero-order chi connectivity index (χ0) is 16.1. The smallest absolute Gasteiger partial charge is 0.246 e. The molecule has 2 aromatic carbocycles. The van der Waals surface area contributed by atoms with Crippen LogP contribution in [-0.4, -0.2) is 28.6 Å². The molecule has 114 valence electrons. The van der Waals surface area contributed by atoms with Gasteiger partial charge in [0.1, 0.15) is 18.1 Å². The third-order valence-corrected chi connectivity index (χ3v) is 2.93. The Morgan fingerprint density at radius 1 is 1.23 bits per heavy atom. The number of phenolic OH excluding ortho intramolecular Hbond substituents is 1. The van der Waals surface area contributed by atoms with Crippen molar-refractivity contribution >= 4 is 23.1 Å². The number of nitrogen functional groups attached to an aromatic ring is 1. The van der Waals surface area contributed by atoms with Gasteiger partial charge in [-0.05, 0) is 30.3 Å². The number of hydrogen-bond acceptors (Lipinski definition) is 5. The Labute approximate surface area is 127 Å². The standard InChI is InChI=1S/C15H16N4O3/c16-15(17)10-6-7-13(20)12(8-10)18-14(21)9-19(22)11-4-2-1-3-5-11/h1-8,20,22H,9H2,(H3,16,17)(H,18,21). The van der Waals surface area contributed by atoms with Crippen molar-refractivity contribution in [2.24, 2.45) is 5.73 Å². The Hall–Kier alpha value is -3.06. The molecule has 0 spiro atoms. The number of phenols is 1. The lowest BCUT2D eigenvalue weighted by Gasteiger charge is -2.17. The van der Waals surface area contributed by atoms with Gasteiger partial charge in [-0.2, -0.15) is 0 Å². The van der Waals surface area contributed by atoms with Gasteiger partial charge in [0.25, 0.3) is 0 Å². The minimum Gasteiger partial charge on any atom is -0.506 e. The Bertz CT molecular complexity index is 688. The van der Waals surface area contributed by atoms with Crippen molar-refractivity contribution in [2.75, 3.05) is 16.9 Å². The molecule has 2 aromatic rings. The van der Waals surface area contributed by atoms with Gasteiger partial charge >= 0.3 is 0 Å². The molecule has 0 aliphatic heterocycles. The van der Waals surface area contributed by atoms with Gasteiger partial charge < -0.3 is 16.2 Å². The number of para-hydroxylation sites is 1. The normalized spacial score (nSPS) is 10.0. The molecule has 0 fully saturated rings. The van der Waals surface area contributed by atoms with Crippen LogP contribution in [0.4, 0.5) is 11.4 Å². The van der Waals surface area contributed by atoms with E-state index in [9.17, 15) is 15.1 Å². The van der Waals surface area contributed by atoms with Crippen LogP contribution in [0.25, 0.3) is 0 Å². The summed E-state index contributed by atoms with van der Waals surface area (Å²) in [5.74, 6) is -0.853. The quantitative estimate of drug-likeness (QED) is 0.248. The maximum absolute atomic E-state index is 11.9. The van der Waals surface area contributed by atoms with Gasteiger partial charge in [0, 0.05) is 5.56 Å². The average Bonchev–Trinajstić information content (AvgIpc) is 2.50. The maximum atomic E-state index is 11.9. The van der Waals surface area contributed by atoms with Crippen LogP contribution in [-0.2, 0) is 4.79 Å². The van der Waals surface area contributed by atoms with Crippen LogP contribution in [0, 0.1) is 5.41 Å². The molecular weight excluding hydrogens is 284 g/mol. The van der Waals surface area contributed by atoms with Gasteiger partial charge in [0.2, 0.25) is 5.91 Å². The monoisotopic (exact) mass is 300 g/mol. The Morgan fingerprint density at radius 3 is 2.55 bits per heavy atom. The lowest BCUT2D eigenvalue weighted by Crippen LogP contribution is -2.30. The number of amidine groups is 1. The SMILES string of the molecule is N=C(N)c1ccc(O)c(NC(=O)CN(O)c2ccccc2)c1. The second-order valence-electron chi connectivity index (χ2n) is 4.59. The molecule has 7 nitrogen and oxygen atoms in total. The number of anilines is 2. The number of nitrogens with two attached hydrogens (primary N) is 1. The fourth-order valence-corrected chi connectivity index (χ4v) is 1.82. The van der Waals surface area contributed by atoms with Crippen molar-refractivity contribution in [3.05, 3.63) is 54.1 Å². The predicted molar refractivity (Wildman–Crippen MR) is 83.3 cm³/mol. The van der Waals surface area contributed by atoms with E-state index in [0.29, 0.717) is 11.3 Å². The van der Waals surface area contributed by atoms with Crippen molar-refractivity contribution < 1.29 is 15.1 Å². The first-order chi connectivity index (χ1) is 10.5. The number of aromatic hydroxyl groups is 1. The van der Waals surface area contributed by atoms with Crippen LogP contribution in [0.2, 0.25) is 0 Å². The molecule has 7 heteroatoms. The highest BCUT2D eigenvalue weighted by molar-refractivity contribution is 5.99. The molecule has 0 aliphatic rings. The topological polar surface area (TPSA) is 123 Å². The summed E-state index contributed by atoms with van der Waals surface area (Å²) in [4.78, 5) is 11.9. The van der Waals surface area contributed by atoms with Crippen molar-refractivity contribution in [3.8, 4) is 5.75 Å². The lowest BCUT2D eigenvalue weighted by molar-refractivity contribution is -0.115. The number of rotatable bonds is 5. The summed E-state index contributed by atoms with van der Waals surface area (Å²) >= 11 is 0. The molecular formula is C15H16N4O3. The summed E-state index contributed by atoms with van der Waals surface area (Å²) in [5.41, 5.74) is 6.33. The molecule has 22 heavy (non-hydrogen) atoms. The number of amides is 1. The molecule has 0 unspecified atom stereocenters. The van der Waals surface area contributed by atoms with Crippen LogP contribution >= 0.6 is 0 Å². The Kier molecular flexibility index (Phi) is 4.60. The van der Waals surface area contributed by atoms with Gasteiger partial charge in [-0.1, -0.05) is 18.2 Å². The third kappa shape index (κ3) is 3.74. The molecule has 2 rings (SSSR count). The highest BCUT2D eigenvalue weighted by atomic mass is 16.5. The summed E-state index contributed by atoms with van der Waals surface area (Å²) in [5, 5.41) is 30.2. The van der Waals surface area contributed by atoms with E-state index in [1.165, 1.54) is 18.2 Å². The molecule has 0 atom stereocenters. The zero-order valence-electron chi connectivity index (χ0n) is 11.7. The van der Waals surface area contributed by atoms with Crippen LogP contribution in [0.5, 0.6) is 5.75 Å². The second kappa shape index (κ2) is 6.59. The molecule has 0 heterocycles. The first-order valence-corrected chi connectivity index (χ1v) is 6.46. The van der Waals surface area contributed by atoms with Crippen molar-refractivity contribution in [1.82, 2.24) is 0 Å². The van der Waals surface area contributed by atoms with Gasteiger partial charge in [-0.25, -0.2) is 5.06 Å². The zero-order valence-corrected chi connectivity index (χ0v) is 11.7. The van der Waals surface area contributed by atoms with Crippen LogP contribution in [0.15, 0.2) is 48.5 Å². The van der Waals surface area contributed by atoms with Gasteiger partial charge in [-0.3, -0.25) is 15.4 Å². The number of hydroxylamine groups is 1. The number of benzene rings is 2. The van der Waals surface area contributed by atoms with Crippen LogP contribution in [0.3, 0.4) is 0 Å². The van der Waals surface area contributed by atoms with Crippen molar-refractivity contribution in [1.29, 1.82) is 5.41 Å². The molecule has 6 N–H and O–H groups in total. The molecule has 0 saturated carbocycles. The largest absolute Gasteiger partial charge is 0.506 e. The molecule has 0 aliphatic carbocycles. The van der Waals surface area contributed by atoms with Gasteiger partial charge in [-0.15, -0.1) is 0 Å². The summed E-state index contributed by atoms with van der Waals surface area (Å²) in [6.45, 7) is -0.312. The molecule has 1 amide bonds. The van der Waals surface area contributed by atoms with E-state index >= 15 is 0 Å². The number of nitrogens with one attached hydrogen (secondary N) is 2. The minimum absolute atomic E-state index is 0.124. The van der Waals surface area contributed by atoms with Crippen LogP contribution in [0.1, 0.15) is 5.56 Å². The Balaban J connectivity index is 2.06. The fourth-order valence-electron chi connectivity index (χ4n) is 1.82. The summed E-state index contributed by atoms with van der Waals surface area (Å²) in [6, 6.07) is 12.8.